The van der Waals surface area contributed by atoms with Crippen LogP contribution in [0, 0.1) is 5.92 Å². The third-order valence-corrected chi connectivity index (χ3v) is 2.03. The Morgan fingerprint density at radius 3 is 2.58 bits per heavy atom. The van der Waals surface area contributed by atoms with Crippen molar-refractivity contribution in [2.24, 2.45) is 11.7 Å². The fraction of sp³-hybridized carbons (Fsp3) is 0.800. The molecular formula is C5H10N2O4S. The average molecular weight is 194 g/mol. The second-order valence-electron chi connectivity index (χ2n) is 2.62. The smallest absolute Gasteiger partial charge is 0.258 e. The number of rotatable bonds is 4. The lowest BCUT2D eigenvalue weighted by molar-refractivity contribution is -0.128. The van der Waals surface area contributed by atoms with Gasteiger partial charge in [0.1, 0.15) is 6.73 Å². The third kappa shape index (κ3) is 2.43. The fourth-order valence-corrected chi connectivity index (χ4v) is 1.24. The number of primary amides is 1. The highest BCUT2D eigenvalue weighted by atomic mass is 32.2. The molecule has 0 radical (unpaired) electrons. The van der Waals surface area contributed by atoms with Gasteiger partial charge in [-0.15, -0.1) is 0 Å². The molecule has 0 aliphatic carbocycles. The molecule has 0 aromatic heterocycles. The van der Waals surface area contributed by atoms with Gasteiger partial charge in [-0.1, -0.05) is 0 Å². The Bertz CT molecular complexity index is 238. The molecule has 1 saturated heterocycles. The molecule has 6 nitrogen and oxygen atoms in total. The van der Waals surface area contributed by atoms with Crippen molar-refractivity contribution in [3.8, 4) is 0 Å². The van der Waals surface area contributed by atoms with Crippen LogP contribution in [0.5, 0.6) is 0 Å². The molecule has 1 fully saturated rings. The molecule has 0 aromatic carbocycles. The van der Waals surface area contributed by atoms with Crippen molar-refractivity contribution in [3.05, 3.63) is 0 Å². The van der Waals surface area contributed by atoms with E-state index in [-0.39, 0.29) is 18.6 Å². The standard InChI is InChI=1S/C5H10N2O4S/c6-5(8)4-1-7(2-4)3-11-12(9)10/h4,12H,1-3H2,(H2,6,8). The summed E-state index contributed by atoms with van der Waals surface area (Å²) in [6.07, 6.45) is 0. The number of thiol groups is 1. The maximum atomic E-state index is 10.5. The molecular weight excluding hydrogens is 184 g/mol. The zero-order valence-electron chi connectivity index (χ0n) is 6.30. The fourth-order valence-electron chi connectivity index (χ4n) is 0.984. The normalized spacial score (nSPS) is 19.4. The summed E-state index contributed by atoms with van der Waals surface area (Å²) in [5.41, 5.74) is 4.99. The van der Waals surface area contributed by atoms with Crippen molar-refractivity contribution in [2.75, 3.05) is 19.8 Å². The van der Waals surface area contributed by atoms with Crippen LogP contribution in [0.3, 0.4) is 0 Å². The van der Waals surface area contributed by atoms with E-state index in [0.717, 1.165) is 0 Å². The highest BCUT2D eigenvalue weighted by Crippen LogP contribution is 2.13. The predicted octanol–water partition coefficient (Wildman–Crippen LogP) is -2.10. The number of amides is 1. The Hall–Kier alpha value is -0.660. The van der Waals surface area contributed by atoms with Gasteiger partial charge in [-0.3, -0.25) is 13.9 Å². The van der Waals surface area contributed by atoms with E-state index in [2.05, 4.69) is 4.18 Å². The number of nitrogens with zero attached hydrogens (tertiary/aromatic N) is 1. The summed E-state index contributed by atoms with van der Waals surface area (Å²) in [4.78, 5) is 12.2. The van der Waals surface area contributed by atoms with E-state index in [9.17, 15) is 13.2 Å². The molecule has 1 aliphatic heterocycles. The van der Waals surface area contributed by atoms with Crippen LogP contribution in [0.25, 0.3) is 0 Å². The Labute approximate surface area is 71.4 Å². The quantitative estimate of drug-likeness (QED) is 0.500. The molecule has 1 aliphatic rings. The third-order valence-electron chi connectivity index (χ3n) is 1.71. The van der Waals surface area contributed by atoms with Crippen LogP contribution in [-0.4, -0.2) is 39.0 Å². The molecule has 1 heterocycles. The molecule has 7 heteroatoms. The minimum Gasteiger partial charge on any atom is -0.369 e. The second-order valence-corrected chi connectivity index (χ2v) is 3.32. The highest BCUT2D eigenvalue weighted by molar-refractivity contribution is 7.67. The van der Waals surface area contributed by atoms with E-state index < -0.39 is 11.0 Å². The lowest BCUT2D eigenvalue weighted by Crippen LogP contribution is -2.52. The number of hydrogen-bond donors (Lipinski definition) is 2. The second kappa shape index (κ2) is 3.83. The van der Waals surface area contributed by atoms with E-state index in [1.807, 2.05) is 0 Å². The van der Waals surface area contributed by atoms with Gasteiger partial charge < -0.3 is 5.73 Å². The molecule has 0 spiro atoms. The summed E-state index contributed by atoms with van der Waals surface area (Å²) in [6.45, 7) is 0.986. The van der Waals surface area contributed by atoms with Gasteiger partial charge in [0.2, 0.25) is 5.91 Å². The maximum Gasteiger partial charge on any atom is 0.258 e. The van der Waals surface area contributed by atoms with Gasteiger partial charge >= 0.3 is 0 Å². The molecule has 0 unspecified atom stereocenters. The molecule has 0 aromatic rings. The predicted molar refractivity (Wildman–Crippen MR) is 40.5 cm³/mol. The minimum atomic E-state index is -2.79. The van der Waals surface area contributed by atoms with Crippen LogP contribution in [0.4, 0.5) is 0 Å². The molecule has 0 saturated carbocycles. The van der Waals surface area contributed by atoms with Crippen LogP contribution in [0.1, 0.15) is 0 Å². The summed E-state index contributed by atoms with van der Waals surface area (Å²) in [6, 6.07) is 0. The zero-order valence-corrected chi connectivity index (χ0v) is 7.20. The lowest BCUT2D eigenvalue weighted by atomic mass is 10.0. The largest absolute Gasteiger partial charge is 0.369 e. The first kappa shape index (κ1) is 9.43. The van der Waals surface area contributed by atoms with Gasteiger partial charge in [0.25, 0.3) is 11.0 Å². The van der Waals surface area contributed by atoms with Crippen molar-refractivity contribution in [1.29, 1.82) is 0 Å². The van der Waals surface area contributed by atoms with Gasteiger partial charge in [0.05, 0.1) is 5.92 Å². The summed E-state index contributed by atoms with van der Waals surface area (Å²) < 4.78 is 24.2. The summed E-state index contributed by atoms with van der Waals surface area (Å²) in [5, 5.41) is 0. The van der Waals surface area contributed by atoms with E-state index in [1.165, 1.54) is 0 Å². The van der Waals surface area contributed by atoms with Crippen LogP contribution < -0.4 is 5.73 Å². The molecule has 0 atom stereocenters. The summed E-state index contributed by atoms with van der Waals surface area (Å²) in [7, 11) is -2.79. The van der Waals surface area contributed by atoms with Gasteiger partial charge in [0.15, 0.2) is 0 Å². The SMILES string of the molecule is NC(=O)C1CN(CO[SH](=O)=O)C1. The molecule has 12 heavy (non-hydrogen) atoms. The van der Waals surface area contributed by atoms with Crippen LogP contribution >= 0.6 is 0 Å². The van der Waals surface area contributed by atoms with Gasteiger partial charge in [-0.2, -0.15) is 0 Å². The van der Waals surface area contributed by atoms with Crippen molar-refractivity contribution in [3.63, 3.8) is 0 Å². The maximum absolute atomic E-state index is 10.5. The first-order chi connectivity index (χ1) is 5.59. The minimum absolute atomic E-state index is 0.0164. The molecule has 2 N–H and O–H groups in total. The Balaban J connectivity index is 2.13. The zero-order chi connectivity index (χ0) is 9.14. The Morgan fingerprint density at radius 2 is 2.17 bits per heavy atom. The van der Waals surface area contributed by atoms with Crippen molar-refractivity contribution in [2.45, 2.75) is 0 Å². The number of likely N-dealkylation sites (tertiary alicyclic amines) is 1. The van der Waals surface area contributed by atoms with E-state index in [4.69, 9.17) is 5.73 Å². The van der Waals surface area contributed by atoms with Crippen molar-refractivity contribution in [1.82, 2.24) is 4.90 Å². The van der Waals surface area contributed by atoms with Crippen LogP contribution in [0.2, 0.25) is 0 Å². The molecule has 1 rings (SSSR count). The van der Waals surface area contributed by atoms with E-state index in [0.29, 0.717) is 13.1 Å². The Kier molecular flexibility index (Phi) is 3.01. The first-order valence-corrected chi connectivity index (χ1v) is 4.48. The van der Waals surface area contributed by atoms with E-state index in [1.54, 1.807) is 4.90 Å². The Morgan fingerprint density at radius 1 is 1.58 bits per heavy atom. The number of hydrogen-bond acceptors (Lipinski definition) is 5. The van der Waals surface area contributed by atoms with Gasteiger partial charge in [-0.05, 0) is 0 Å². The van der Waals surface area contributed by atoms with Crippen molar-refractivity contribution < 1.29 is 17.4 Å². The number of nitrogens with two attached hydrogens (primary N) is 1. The van der Waals surface area contributed by atoms with Gasteiger partial charge in [0, 0.05) is 13.1 Å². The topological polar surface area (TPSA) is 89.7 Å². The monoisotopic (exact) mass is 194 g/mol. The summed E-state index contributed by atoms with van der Waals surface area (Å²) >= 11 is 0. The average Bonchev–Trinajstić information content (AvgIpc) is 1.82. The molecule has 0 bridgehead atoms. The van der Waals surface area contributed by atoms with Crippen LogP contribution in [-0.2, 0) is 20.0 Å². The molecule has 1 amide bonds. The first-order valence-electron chi connectivity index (χ1n) is 3.38. The van der Waals surface area contributed by atoms with Crippen LogP contribution in [0.15, 0.2) is 0 Å². The summed E-state index contributed by atoms with van der Waals surface area (Å²) in [5.74, 6) is -0.504. The highest BCUT2D eigenvalue weighted by Gasteiger charge is 2.30. The van der Waals surface area contributed by atoms with Crippen molar-refractivity contribution >= 4 is 16.9 Å². The lowest BCUT2D eigenvalue weighted by Gasteiger charge is -2.35. The van der Waals surface area contributed by atoms with E-state index >= 15 is 0 Å². The van der Waals surface area contributed by atoms with Gasteiger partial charge in [-0.25, -0.2) is 8.42 Å². The molecule has 70 valence electrons. The number of carbonyl (C=O) groups excluding carboxylic acids is 1. The number of carbonyl (C=O) groups is 1.